The molecule has 9 heterocycles. The Balaban J connectivity index is 0.000000262. The minimum Gasteiger partial charge on any atom is -0.870 e. The van der Waals surface area contributed by atoms with Gasteiger partial charge in [0.25, 0.3) is 0 Å². The Morgan fingerprint density at radius 2 is 0.759 bits per heavy atom. The maximum Gasteiger partial charge on any atom is 1.00 e. The van der Waals surface area contributed by atoms with E-state index >= 15 is 0 Å². The Morgan fingerprint density at radius 3 is 1.05 bits per heavy atom. The van der Waals surface area contributed by atoms with Gasteiger partial charge in [-0.05, 0) is 241 Å². The Hall–Kier alpha value is -13.1. The summed E-state index contributed by atoms with van der Waals surface area (Å²) in [5.41, 5.74) is 9.48. The maximum absolute atomic E-state index is 14.1. The van der Waals surface area contributed by atoms with E-state index in [1.165, 1.54) is 68.7 Å². The van der Waals surface area contributed by atoms with Crippen molar-refractivity contribution in [3.8, 4) is 68.5 Å². The van der Waals surface area contributed by atoms with Crippen LogP contribution in [0.25, 0.3) is 51.2 Å². The Labute approximate surface area is 833 Å². The van der Waals surface area contributed by atoms with E-state index in [-0.39, 0.29) is 97.9 Å². The first-order valence-electron chi connectivity index (χ1n) is 44.1. The minimum absolute atomic E-state index is 0. The SMILES string of the molecule is C.CC(=O)Cl.CC(=O)Cl.CC(=O)N1CCc2cc(COc3ccc(C)cc3-c3cccc(-n4ncc(C(=O)O)c4C(F)(F)F)n3)ccc2C1.CCN(C(C)C)C(C)C.CCOC(=O)c1cnn(-c2cccc(-c3cc(C)ccc3OCc3ccc4c(c3)CCN(C(C)=O)C4)n2)c1C(F)(F)F.CCOC(=O)c1cnn(-c2cccc(-c3cc(C)ccc3OCc3ccc4c(c3)CCNC4)n2)c1C(F)(F)F.[Li+].[OH-]. The van der Waals surface area contributed by atoms with E-state index in [9.17, 15) is 78.2 Å². The molecule has 0 saturated heterocycles. The molecule has 15 rings (SSSR count). The van der Waals surface area contributed by atoms with Gasteiger partial charge in [-0.3, -0.25) is 24.1 Å². The summed E-state index contributed by atoms with van der Waals surface area (Å²) in [5, 5.41) is 23.2. The van der Waals surface area contributed by atoms with Crippen LogP contribution in [0.15, 0.2) is 182 Å². The number of hydrogen-bond donors (Lipinski definition) is 2. The molecule has 0 fully saturated rings. The van der Waals surface area contributed by atoms with Gasteiger partial charge in [0.1, 0.15) is 53.8 Å². The minimum atomic E-state index is -4.96. The second-order valence-electron chi connectivity index (χ2n) is 32.8. The van der Waals surface area contributed by atoms with Gasteiger partial charge in [-0.25, -0.2) is 43.4 Å². The zero-order chi connectivity index (χ0) is 101. The van der Waals surface area contributed by atoms with Crippen LogP contribution in [0.1, 0.15) is 199 Å². The van der Waals surface area contributed by atoms with Crippen molar-refractivity contribution >= 4 is 63.4 Å². The number of carboxylic acids is 1. The third-order valence-corrected chi connectivity index (χ3v) is 21.9. The predicted molar refractivity (Wildman–Crippen MR) is 510 cm³/mol. The van der Waals surface area contributed by atoms with Crippen molar-refractivity contribution in [2.24, 2.45) is 0 Å². The number of benzene rings is 6. The predicted octanol–water partition coefficient (Wildman–Crippen LogP) is 18.2. The third kappa shape index (κ3) is 31.2. The zero-order valence-corrected chi connectivity index (χ0v) is 81.4. The van der Waals surface area contributed by atoms with Crippen LogP contribution in [0.3, 0.4) is 0 Å². The average molecular weight is 1990 g/mol. The van der Waals surface area contributed by atoms with Gasteiger partial charge in [0.05, 0.1) is 48.9 Å². The molecule has 6 aromatic carbocycles. The first kappa shape index (κ1) is 115. The van der Waals surface area contributed by atoms with Gasteiger partial charge in [0, 0.05) is 89.2 Å². The number of carbonyl (C=O) groups excluding carboxylic acids is 6. The molecule has 0 atom stereocenters. The van der Waals surface area contributed by atoms with Crippen LogP contribution in [-0.4, -0.2) is 161 Å². The van der Waals surface area contributed by atoms with Gasteiger partial charge in [-0.15, -0.1) is 0 Å². The number of aryl methyl sites for hydroxylation is 3. The van der Waals surface area contributed by atoms with Gasteiger partial charge in [-0.1, -0.05) is 122 Å². The summed E-state index contributed by atoms with van der Waals surface area (Å²) in [7, 11) is 0. The van der Waals surface area contributed by atoms with Crippen LogP contribution < -0.4 is 38.4 Å². The topological polar surface area (TPSA) is 330 Å². The van der Waals surface area contributed by atoms with Crippen LogP contribution in [0.5, 0.6) is 17.2 Å². The molecule has 0 radical (unpaired) electrons. The maximum atomic E-state index is 14.1. The van der Waals surface area contributed by atoms with E-state index in [0.717, 1.165) is 101 Å². The Kier molecular flexibility index (Phi) is 42.3. The monoisotopic (exact) mass is 1990 g/mol. The number of carbonyl (C=O) groups is 7. The molecule has 3 aliphatic heterocycles. The summed E-state index contributed by atoms with van der Waals surface area (Å²) in [6.07, 6.45) is -9.87. The molecule has 746 valence electrons. The number of carboxylic acid groups (broad SMARTS) is 1. The zero-order valence-electron chi connectivity index (χ0n) is 79.9. The van der Waals surface area contributed by atoms with E-state index in [1.54, 1.807) is 56.3 Å². The fourth-order valence-corrected chi connectivity index (χ4v) is 15.6. The fraction of sp³-hybridized carbons (Fsp3) is 0.343. The van der Waals surface area contributed by atoms with Crippen LogP contribution in [0, 0.1) is 20.8 Å². The van der Waals surface area contributed by atoms with E-state index in [2.05, 4.69) is 123 Å². The van der Waals surface area contributed by atoms with Crippen molar-refractivity contribution in [1.29, 1.82) is 0 Å². The standard InChI is InChI=1S/C31H29F3N4O4.C29H25F3N4O4.C29H27F3N4O3.C8H19N.2C2H3ClO.CH4.Li.H2O/c1-4-41-30(40)25-16-35-38(29(25)31(32,33)34)28-7-5-6-26(36-28)24-14-19(2)8-11-27(24)42-18-21-9-10-23-17-37(20(3)39)13-12-22(23)15-21;1-17-6-9-25(40-16-19-7-8-21-15-35(18(2)37)11-10-20(21)13-19)22(12-17)24-4-3-5-26(34-24)36-27(29(30,31)32)23(14-33-36)28(38)39;1-3-38-28(37)23-16-34-36(27(23)29(30,31)32)26-6-4-5-24(35-26)22-13-18(2)7-10-25(22)39-17-19-8-9-21-15-33-12-11-20(21)14-19;1-6-9(7(2)3)8(4)5;2*1-2(3)4;;;/h5-11,14-16H,4,12-13,17-18H2,1-3H3;3-9,12-14H,10-11,15-16H2,1-2H3,(H,38,39);4-10,13-14,16,33H,3,11-12,15,17H2,1-2H3;7-8H,6H2,1-5H3;2*1H3;1H4;;1H2/q;;;;;;;+1;/p-1. The second kappa shape index (κ2) is 51.9. The largest absolute Gasteiger partial charge is 1.00 e. The molecule has 141 heavy (non-hydrogen) atoms. The number of esters is 2. The number of alkyl halides is 9. The molecular weight excluding hydrogens is 1880 g/mol. The van der Waals surface area contributed by atoms with E-state index in [0.29, 0.717) is 116 Å². The van der Waals surface area contributed by atoms with Crippen LogP contribution in [-0.2, 0) is 106 Å². The Bertz CT molecular complexity index is 6340. The summed E-state index contributed by atoms with van der Waals surface area (Å²) < 4.78 is 155. The van der Waals surface area contributed by atoms with E-state index in [1.807, 2.05) is 103 Å². The molecule has 0 aliphatic carbocycles. The van der Waals surface area contributed by atoms with Crippen molar-refractivity contribution in [1.82, 2.24) is 64.3 Å². The number of aromatic nitrogens is 9. The summed E-state index contributed by atoms with van der Waals surface area (Å²) in [6, 6.07) is 50.2. The molecular formula is C102H111Cl2F9LiN13O14. The number of hydrogen-bond acceptors (Lipinski definition) is 21. The molecule has 0 unspecified atom stereocenters. The summed E-state index contributed by atoms with van der Waals surface area (Å²) in [6.45, 7) is 31.8. The first-order chi connectivity index (χ1) is 65.3. The molecule has 0 saturated carbocycles. The number of nitrogens with zero attached hydrogens (tertiary/aromatic N) is 12. The smallest absolute Gasteiger partial charge is 0.870 e. The van der Waals surface area contributed by atoms with Crippen LogP contribution >= 0.6 is 23.2 Å². The van der Waals surface area contributed by atoms with E-state index < -0.39 is 70.2 Å². The Morgan fingerprint density at radius 1 is 0.447 bits per heavy atom. The molecule has 0 bridgehead atoms. The number of pyridine rings is 3. The normalized spacial score (nSPS) is 12.4. The van der Waals surface area contributed by atoms with Crippen LogP contribution in [0.2, 0.25) is 0 Å². The van der Waals surface area contributed by atoms with E-state index in [4.69, 9.17) is 23.7 Å². The average Bonchev–Trinajstić information content (AvgIpc) is 1.63. The van der Waals surface area contributed by atoms with Crippen molar-refractivity contribution < 1.29 is 126 Å². The van der Waals surface area contributed by atoms with Gasteiger partial charge in [-0.2, -0.15) is 54.8 Å². The summed E-state index contributed by atoms with van der Waals surface area (Å²) >= 11 is 9.27. The summed E-state index contributed by atoms with van der Waals surface area (Å²) in [5.74, 6) is -2.68. The number of halogens is 11. The molecule has 0 spiro atoms. The van der Waals surface area contributed by atoms with Gasteiger partial charge in [0.15, 0.2) is 34.5 Å². The molecule has 39 heteroatoms. The molecule has 2 amide bonds. The van der Waals surface area contributed by atoms with Gasteiger partial charge in [0.2, 0.25) is 22.3 Å². The number of ether oxygens (including phenoxy) is 5. The number of amides is 2. The molecule has 27 nitrogen and oxygen atoms in total. The molecule has 3 N–H and O–H groups in total. The van der Waals surface area contributed by atoms with Crippen molar-refractivity contribution in [2.45, 2.75) is 194 Å². The molecule has 6 aromatic heterocycles. The quantitative estimate of drug-likeness (QED) is 0.0260. The number of nitrogens with one attached hydrogen (secondary N) is 1. The third-order valence-electron chi connectivity index (χ3n) is 21.9. The van der Waals surface area contributed by atoms with Crippen molar-refractivity contribution in [3.05, 3.63) is 283 Å². The van der Waals surface area contributed by atoms with Gasteiger partial charge < -0.3 is 49.4 Å². The molecule has 12 aromatic rings. The summed E-state index contributed by atoms with van der Waals surface area (Å²) in [4.78, 5) is 97.1. The molecule has 3 aliphatic rings. The second-order valence-corrected chi connectivity index (χ2v) is 33.8. The number of aromatic carboxylic acids is 1. The van der Waals surface area contributed by atoms with Crippen LogP contribution in [0.4, 0.5) is 39.5 Å². The number of fused-ring (bicyclic) bond motifs is 3. The number of rotatable bonds is 23. The fourth-order valence-electron chi connectivity index (χ4n) is 15.6. The van der Waals surface area contributed by atoms with Gasteiger partial charge >= 0.3 is 55.3 Å². The van der Waals surface area contributed by atoms with Crippen molar-refractivity contribution in [2.75, 3.05) is 39.4 Å². The first-order valence-corrected chi connectivity index (χ1v) is 44.9. The van der Waals surface area contributed by atoms with Crippen molar-refractivity contribution in [3.63, 3.8) is 0 Å².